The standard InChI is InChI=1S/C15H22N2O3S/c1-3-15(18)12-5-4-6-13(9-12)21(19,20)17-14-7-8-16-10-11(14)2/h4-6,9,11,14,16-17H,3,7-8,10H2,1-2H3. The summed E-state index contributed by atoms with van der Waals surface area (Å²) in [7, 11) is -3.59. The van der Waals surface area contributed by atoms with E-state index in [0.717, 1.165) is 19.5 Å². The number of nitrogens with one attached hydrogen (secondary N) is 2. The quantitative estimate of drug-likeness (QED) is 0.809. The Hall–Kier alpha value is -1.24. The third-order valence-corrected chi connectivity index (χ3v) is 5.37. The van der Waals surface area contributed by atoms with Crippen molar-refractivity contribution in [2.24, 2.45) is 5.92 Å². The summed E-state index contributed by atoms with van der Waals surface area (Å²) in [5.74, 6) is 0.191. The van der Waals surface area contributed by atoms with Gasteiger partial charge in [0.2, 0.25) is 10.0 Å². The maximum Gasteiger partial charge on any atom is 0.240 e. The number of sulfonamides is 1. The van der Waals surface area contributed by atoms with Crippen molar-refractivity contribution in [2.75, 3.05) is 13.1 Å². The highest BCUT2D eigenvalue weighted by molar-refractivity contribution is 7.89. The number of benzene rings is 1. The monoisotopic (exact) mass is 310 g/mol. The molecule has 1 aromatic rings. The summed E-state index contributed by atoms with van der Waals surface area (Å²) < 4.78 is 27.7. The highest BCUT2D eigenvalue weighted by atomic mass is 32.2. The number of Topliss-reactive ketones (excluding diaryl/α,β-unsaturated/α-hetero) is 1. The van der Waals surface area contributed by atoms with Crippen molar-refractivity contribution in [3.8, 4) is 0 Å². The third kappa shape index (κ3) is 3.90. The van der Waals surface area contributed by atoms with Gasteiger partial charge in [0.25, 0.3) is 0 Å². The third-order valence-electron chi connectivity index (χ3n) is 3.88. The van der Waals surface area contributed by atoms with E-state index < -0.39 is 10.0 Å². The lowest BCUT2D eigenvalue weighted by atomic mass is 9.97. The van der Waals surface area contributed by atoms with Crippen molar-refractivity contribution in [1.82, 2.24) is 10.0 Å². The summed E-state index contributed by atoms with van der Waals surface area (Å²) in [6.07, 6.45) is 1.14. The second kappa shape index (κ2) is 6.68. The Bertz CT molecular complexity index is 613. The van der Waals surface area contributed by atoms with E-state index in [1.165, 1.54) is 12.1 Å². The summed E-state index contributed by atoms with van der Waals surface area (Å²) in [6, 6.07) is 6.18. The zero-order chi connectivity index (χ0) is 15.5. The number of hydrogen-bond donors (Lipinski definition) is 2. The minimum absolute atomic E-state index is 0.0534. The van der Waals surface area contributed by atoms with Crippen molar-refractivity contribution < 1.29 is 13.2 Å². The van der Waals surface area contributed by atoms with Crippen molar-refractivity contribution >= 4 is 15.8 Å². The Morgan fingerprint density at radius 3 is 2.86 bits per heavy atom. The molecular formula is C15H22N2O3S. The number of rotatable bonds is 5. The predicted molar refractivity (Wildman–Crippen MR) is 81.8 cm³/mol. The minimum Gasteiger partial charge on any atom is -0.316 e. The number of hydrogen-bond acceptors (Lipinski definition) is 4. The van der Waals surface area contributed by atoms with Gasteiger partial charge in [0.05, 0.1) is 4.90 Å². The average Bonchev–Trinajstić information content (AvgIpc) is 2.49. The molecule has 0 aromatic heterocycles. The first-order chi connectivity index (χ1) is 9.94. The molecule has 1 heterocycles. The Morgan fingerprint density at radius 1 is 1.43 bits per heavy atom. The lowest BCUT2D eigenvalue weighted by molar-refractivity contribution is 0.0988. The number of ketones is 1. The zero-order valence-corrected chi connectivity index (χ0v) is 13.2. The molecule has 2 rings (SSSR count). The Morgan fingerprint density at radius 2 is 2.19 bits per heavy atom. The molecule has 0 saturated carbocycles. The van der Waals surface area contributed by atoms with Gasteiger partial charge < -0.3 is 5.32 Å². The van der Waals surface area contributed by atoms with Crippen LogP contribution in [0, 0.1) is 5.92 Å². The number of carbonyl (C=O) groups excluding carboxylic acids is 1. The molecule has 0 spiro atoms. The van der Waals surface area contributed by atoms with Crippen molar-refractivity contribution in [3.63, 3.8) is 0 Å². The molecule has 116 valence electrons. The lowest BCUT2D eigenvalue weighted by Crippen LogP contribution is -2.48. The fourth-order valence-electron chi connectivity index (χ4n) is 2.50. The minimum atomic E-state index is -3.59. The van der Waals surface area contributed by atoms with Gasteiger partial charge in [-0.2, -0.15) is 0 Å². The van der Waals surface area contributed by atoms with Gasteiger partial charge in [0.1, 0.15) is 0 Å². The Labute approximate surface area is 126 Å². The van der Waals surface area contributed by atoms with Gasteiger partial charge in [-0.15, -0.1) is 0 Å². The van der Waals surface area contributed by atoms with Crippen LogP contribution in [0.4, 0.5) is 0 Å². The molecule has 1 aliphatic heterocycles. The number of piperidine rings is 1. The van der Waals surface area contributed by atoms with Crippen LogP contribution in [0.1, 0.15) is 37.0 Å². The normalized spacial score (nSPS) is 23.0. The van der Waals surface area contributed by atoms with Crippen molar-refractivity contribution in [1.29, 1.82) is 0 Å². The molecule has 5 nitrogen and oxygen atoms in total. The predicted octanol–water partition coefficient (Wildman–Crippen LogP) is 1.56. The maximum absolute atomic E-state index is 12.5. The molecule has 0 radical (unpaired) electrons. The van der Waals surface area contributed by atoms with E-state index in [0.29, 0.717) is 12.0 Å². The summed E-state index contributed by atoms with van der Waals surface area (Å²) in [5.41, 5.74) is 0.443. The molecule has 2 unspecified atom stereocenters. The SMILES string of the molecule is CCC(=O)c1cccc(S(=O)(=O)NC2CCNCC2C)c1. The smallest absolute Gasteiger partial charge is 0.240 e. The number of carbonyl (C=O) groups is 1. The molecular weight excluding hydrogens is 288 g/mol. The summed E-state index contributed by atoms with van der Waals surface area (Å²) in [4.78, 5) is 11.9. The van der Waals surface area contributed by atoms with E-state index >= 15 is 0 Å². The Balaban J connectivity index is 2.21. The molecule has 1 saturated heterocycles. The van der Waals surface area contributed by atoms with E-state index in [1.807, 2.05) is 6.92 Å². The average molecular weight is 310 g/mol. The van der Waals surface area contributed by atoms with Gasteiger partial charge in [0, 0.05) is 18.0 Å². The molecule has 2 N–H and O–H groups in total. The first kappa shape index (κ1) is 16.1. The van der Waals surface area contributed by atoms with Crippen LogP contribution in [-0.4, -0.2) is 33.3 Å². The second-order valence-electron chi connectivity index (χ2n) is 5.50. The zero-order valence-electron chi connectivity index (χ0n) is 12.4. The van der Waals surface area contributed by atoms with Crippen LogP contribution >= 0.6 is 0 Å². The molecule has 21 heavy (non-hydrogen) atoms. The topological polar surface area (TPSA) is 75.3 Å². The van der Waals surface area contributed by atoms with E-state index in [4.69, 9.17) is 0 Å². The first-order valence-electron chi connectivity index (χ1n) is 7.30. The van der Waals surface area contributed by atoms with E-state index in [-0.39, 0.29) is 22.6 Å². The highest BCUT2D eigenvalue weighted by Crippen LogP contribution is 2.17. The molecule has 0 bridgehead atoms. The van der Waals surface area contributed by atoms with Crippen LogP contribution in [-0.2, 0) is 10.0 Å². The maximum atomic E-state index is 12.5. The molecule has 1 aromatic carbocycles. The fourth-order valence-corrected chi connectivity index (χ4v) is 3.92. The summed E-state index contributed by atoms with van der Waals surface area (Å²) >= 11 is 0. The Kier molecular flexibility index (Phi) is 5.13. The second-order valence-corrected chi connectivity index (χ2v) is 7.22. The van der Waals surface area contributed by atoms with Crippen LogP contribution in [0.15, 0.2) is 29.2 Å². The van der Waals surface area contributed by atoms with E-state index in [2.05, 4.69) is 10.0 Å². The molecule has 2 atom stereocenters. The summed E-state index contributed by atoms with van der Waals surface area (Å²) in [5, 5.41) is 3.24. The molecule has 0 aliphatic carbocycles. The van der Waals surface area contributed by atoms with Gasteiger partial charge in [-0.25, -0.2) is 13.1 Å². The largest absolute Gasteiger partial charge is 0.316 e. The van der Waals surface area contributed by atoms with Gasteiger partial charge in [0.15, 0.2) is 5.78 Å². The van der Waals surface area contributed by atoms with Crippen LogP contribution in [0.3, 0.4) is 0 Å². The lowest BCUT2D eigenvalue weighted by Gasteiger charge is -2.30. The first-order valence-corrected chi connectivity index (χ1v) is 8.78. The van der Waals surface area contributed by atoms with E-state index in [1.54, 1.807) is 19.1 Å². The van der Waals surface area contributed by atoms with Gasteiger partial charge >= 0.3 is 0 Å². The van der Waals surface area contributed by atoms with Gasteiger partial charge in [-0.05, 0) is 37.6 Å². The van der Waals surface area contributed by atoms with Crippen molar-refractivity contribution in [2.45, 2.75) is 37.6 Å². The molecule has 0 amide bonds. The van der Waals surface area contributed by atoms with Gasteiger partial charge in [-0.3, -0.25) is 4.79 Å². The van der Waals surface area contributed by atoms with Crippen molar-refractivity contribution in [3.05, 3.63) is 29.8 Å². The van der Waals surface area contributed by atoms with Crippen LogP contribution < -0.4 is 10.0 Å². The van der Waals surface area contributed by atoms with Crippen LogP contribution in [0.2, 0.25) is 0 Å². The van der Waals surface area contributed by atoms with E-state index in [9.17, 15) is 13.2 Å². The fraction of sp³-hybridized carbons (Fsp3) is 0.533. The van der Waals surface area contributed by atoms with Crippen LogP contribution in [0.5, 0.6) is 0 Å². The molecule has 1 fully saturated rings. The highest BCUT2D eigenvalue weighted by Gasteiger charge is 2.26. The molecule has 6 heteroatoms. The summed E-state index contributed by atoms with van der Waals surface area (Å²) in [6.45, 7) is 5.41. The van der Waals surface area contributed by atoms with Crippen LogP contribution in [0.25, 0.3) is 0 Å². The van der Waals surface area contributed by atoms with Gasteiger partial charge in [-0.1, -0.05) is 26.0 Å². The molecule has 1 aliphatic rings.